The van der Waals surface area contributed by atoms with Crippen LogP contribution in [0, 0.1) is 19.8 Å². The smallest absolute Gasteiger partial charge is 0.226 e. The van der Waals surface area contributed by atoms with Crippen LogP contribution < -0.4 is 11.1 Å². The zero-order valence-corrected chi connectivity index (χ0v) is 15.6. The lowest BCUT2D eigenvalue weighted by Crippen LogP contribution is -2.28. The molecule has 126 valence electrons. The molecule has 2 atom stereocenters. The van der Waals surface area contributed by atoms with Crippen molar-refractivity contribution in [2.45, 2.75) is 45.6 Å². The summed E-state index contributed by atoms with van der Waals surface area (Å²) in [5.41, 5.74) is 7.90. The molecule has 0 bridgehead atoms. The van der Waals surface area contributed by atoms with Crippen molar-refractivity contribution in [1.82, 2.24) is 9.97 Å². The highest BCUT2D eigenvalue weighted by atomic mass is 35.5. The van der Waals surface area contributed by atoms with Crippen molar-refractivity contribution in [3.05, 3.63) is 16.1 Å². The van der Waals surface area contributed by atoms with E-state index in [-0.39, 0.29) is 24.4 Å². The summed E-state index contributed by atoms with van der Waals surface area (Å²) in [5, 5.41) is 6.55. The number of amides is 1. The summed E-state index contributed by atoms with van der Waals surface area (Å²) < 4.78 is 0. The van der Waals surface area contributed by atoms with Gasteiger partial charge in [0.05, 0.1) is 21.3 Å². The van der Waals surface area contributed by atoms with Gasteiger partial charge in [-0.05, 0) is 32.6 Å². The van der Waals surface area contributed by atoms with E-state index in [4.69, 9.17) is 5.73 Å². The Kier molecular flexibility index (Phi) is 6.13. The fourth-order valence-corrected chi connectivity index (χ4v) is 4.60. The van der Waals surface area contributed by atoms with Crippen LogP contribution in [0.5, 0.6) is 0 Å². The third-order valence-corrected chi connectivity index (χ3v) is 5.91. The van der Waals surface area contributed by atoms with Crippen molar-refractivity contribution in [3.63, 3.8) is 0 Å². The van der Waals surface area contributed by atoms with Gasteiger partial charge in [0.15, 0.2) is 5.13 Å². The number of hydrogen-bond acceptors (Lipinski definition) is 6. The zero-order valence-electron chi connectivity index (χ0n) is 13.2. The van der Waals surface area contributed by atoms with Crippen LogP contribution in [0.15, 0.2) is 5.38 Å². The van der Waals surface area contributed by atoms with E-state index in [0.29, 0.717) is 17.5 Å². The van der Waals surface area contributed by atoms with Crippen molar-refractivity contribution in [2.24, 2.45) is 11.7 Å². The molecule has 0 unspecified atom stereocenters. The Morgan fingerprint density at radius 3 is 2.78 bits per heavy atom. The van der Waals surface area contributed by atoms with Crippen LogP contribution in [0.25, 0.3) is 10.6 Å². The van der Waals surface area contributed by atoms with Crippen LogP contribution in [0.3, 0.4) is 0 Å². The topological polar surface area (TPSA) is 80.9 Å². The molecule has 1 saturated carbocycles. The summed E-state index contributed by atoms with van der Waals surface area (Å²) in [6.07, 6.45) is 3.71. The molecule has 23 heavy (non-hydrogen) atoms. The molecule has 3 N–H and O–H groups in total. The highest BCUT2D eigenvalue weighted by Crippen LogP contribution is 2.32. The molecule has 8 heteroatoms. The van der Waals surface area contributed by atoms with Gasteiger partial charge < -0.3 is 11.1 Å². The van der Waals surface area contributed by atoms with Gasteiger partial charge in [-0.2, -0.15) is 0 Å². The number of carbonyl (C=O) groups excluding carboxylic acids is 1. The Hall–Kier alpha value is -1.02. The van der Waals surface area contributed by atoms with Gasteiger partial charge in [0.2, 0.25) is 5.91 Å². The minimum atomic E-state index is 0. The quantitative estimate of drug-likeness (QED) is 0.856. The standard InChI is InChI=1S/C15H20N4OS2.ClH/c1-8-14(22-9(2)17-8)12-7-21-15(18-12)19-13(20)6-10-4-3-5-11(10)16;/h7,10-11H,3-6,16H2,1-2H3,(H,18,19,20);1H/t10-,11+;/m0./s1. The van der Waals surface area contributed by atoms with E-state index in [1.54, 1.807) is 11.3 Å². The van der Waals surface area contributed by atoms with E-state index >= 15 is 0 Å². The molecule has 1 aliphatic carbocycles. The minimum absolute atomic E-state index is 0. The van der Waals surface area contributed by atoms with Crippen molar-refractivity contribution in [1.29, 1.82) is 0 Å². The van der Waals surface area contributed by atoms with E-state index in [9.17, 15) is 4.79 Å². The predicted octanol–water partition coefficient (Wildman–Crippen LogP) is 3.76. The SMILES string of the molecule is Cc1nc(C)c(-c2csc(NC(=O)C[C@@H]3CCC[C@H]3N)n2)s1.Cl. The second-order valence-electron chi connectivity index (χ2n) is 5.79. The summed E-state index contributed by atoms with van der Waals surface area (Å²) in [4.78, 5) is 22.1. The van der Waals surface area contributed by atoms with Gasteiger partial charge in [-0.25, -0.2) is 9.97 Å². The average Bonchev–Trinajstić information content (AvgIpc) is 3.13. The number of rotatable bonds is 4. The van der Waals surface area contributed by atoms with Gasteiger partial charge in [0.25, 0.3) is 0 Å². The molecule has 1 aliphatic rings. The van der Waals surface area contributed by atoms with Gasteiger partial charge in [-0.3, -0.25) is 4.79 Å². The van der Waals surface area contributed by atoms with Crippen LogP contribution in [0.2, 0.25) is 0 Å². The van der Waals surface area contributed by atoms with Crippen molar-refractivity contribution in [3.8, 4) is 10.6 Å². The fraction of sp³-hybridized carbons (Fsp3) is 0.533. The van der Waals surface area contributed by atoms with E-state index in [1.807, 2.05) is 19.2 Å². The zero-order chi connectivity index (χ0) is 15.7. The Bertz CT molecular complexity index is 685. The number of aryl methyl sites for hydroxylation is 2. The molecule has 1 fully saturated rings. The third kappa shape index (κ3) is 4.29. The van der Waals surface area contributed by atoms with Crippen molar-refractivity contribution >= 4 is 46.1 Å². The highest BCUT2D eigenvalue weighted by Gasteiger charge is 2.26. The maximum absolute atomic E-state index is 12.1. The monoisotopic (exact) mass is 372 g/mol. The van der Waals surface area contributed by atoms with E-state index in [1.165, 1.54) is 11.3 Å². The molecular weight excluding hydrogens is 352 g/mol. The lowest BCUT2D eigenvalue weighted by atomic mass is 10.00. The first kappa shape index (κ1) is 18.3. The third-order valence-electron chi connectivity index (χ3n) is 4.05. The van der Waals surface area contributed by atoms with Crippen molar-refractivity contribution in [2.75, 3.05) is 5.32 Å². The molecular formula is C15H21ClN4OS2. The maximum Gasteiger partial charge on any atom is 0.226 e. The van der Waals surface area contributed by atoms with Crippen LogP contribution in [0.4, 0.5) is 5.13 Å². The van der Waals surface area contributed by atoms with E-state index < -0.39 is 0 Å². The molecule has 0 aliphatic heterocycles. The number of nitrogens with zero attached hydrogens (tertiary/aromatic N) is 2. The molecule has 0 radical (unpaired) electrons. The summed E-state index contributed by atoms with van der Waals surface area (Å²) in [7, 11) is 0. The molecule has 2 aromatic rings. The summed E-state index contributed by atoms with van der Waals surface area (Å²) in [5.74, 6) is 0.325. The summed E-state index contributed by atoms with van der Waals surface area (Å²) in [6, 6.07) is 0.167. The molecule has 3 rings (SSSR count). The van der Waals surface area contributed by atoms with E-state index in [0.717, 1.165) is 40.5 Å². The first-order valence-electron chi connectivity index (χ1n) is 7.48. The Morgan fingerprint density at radius 2 is 2.17 bits per heavy atom. The van der Waals surface area contributed by atoms with Crippen LogP contribution in [-0.4, -0.2) is 21.9 Å². The number of thiazole rings is 2. The number of aromatic nitrogens is 2. The summed E-state index contributed by atoms with van der Waals surface area (Å²) in [6.45, 7) is 3.97. The Morgan fingerprint density at radius 1 is 1.39 bits per heavy atom. The Balaban J connectivity index is 0.00000192. The fourth-order valence-electron chi connectivity index (χ4n) is 2.93. The van der Waals surface area contributed by atoms with Gasteiger partial charge in [-0.15, -0.1) is 35.1 Å². The normalized spacial score (nSPS) is 20.3. The molecule has 0 aromatic carbocycles. The number of anilines is 1. The lowest BCUT2D eigenvalue weighted by molar-refractivity contribution is -0.117. The Labute approximate surface area is 150 Å². The molecule has 2 heterocycles. The number of carbonyl (C=O) groups is 1. The maximum atomic E-state index is 12.1. The van der Waals surface area contributed by atoms with Gasteiger partial charge in [-0.1, -0.05) is 6.42 Å². The van der Waals surface area contributed by atoms with Gasteiger partial charge in [0, 0.05) is 17.8 Å². The van der Waals surface area contributed by atoms with Crippen LogP contribution in [-0.2, 0) is 4.79 Å². The lowest BCUT2D eigenvalue weighted by Gasteiger charge is -2.13. The second-order valence-corrected chi connectivity index (χ2v) is 7.85. The van der Waals surface area contributed by atoms with E-state index in [2.05, 4.69) is 15.3 Å². The minimum Gasteiger partial charge on any atom is -0.327 e. The number of halogens is 1. The molecule has 2 aromatic heterocycles. The van der Waals surface area contributed by atoms with Crippen LogP contribution >= 0.6 is 35.1 Å². The molecule has 0 saturated heterocycles. The van der Waals surface area contributed by atoms with Crippen LogP contribution in [0.1, 0.15) is 36.4 Å². The first-order chi connectivity index (χ1) is 10.5. The molecule has 5 nitrogen and oxygen atoms in total. The number of nitrogens with two attached hydrogens (primary N) is 1. The second kappa shape index (κ2) is 7.70. The highest BCUT2D eigenvalue weighted by molar-refractivity contribution is 7.16. The number of nitrogens with one attached hydrogen (secondary N) is 1. The predicted molar refractivity (Wildman–Crippen MR) is 98.5 cm³/mol. The largest absolute Gasteiger partial charge is 0.327 e. The van der Waals surface area contributed by atoms with Gasteiger partial charge in [0.1, 0.15) is 0 Å². The number of hydrogen-bond donors (Lipinski definition) is 2. The molecule has 1 amide bonds. The molecule has 0 spiro atoms. The first-order valence-corrected chi connectivity index (χ1v) is 9.18. The van der Waals surface area contributed by atoms with Gasteiger partial charge >= 0.3 is 0 Å². The van der Waals surface area contributed by atoms with Crippen molar-refractivity contribution < 1.29 is 4.79 Å². The summed E-state index contributed by atoms with van der Waals surface area (Å²) >= 11 is 3.08. The average molecular weight is 373 g/mol.